The molecule has 3 aromatic rings. The predicted molar refractivity (Wildman–Crippen MR) is 130 cm³/mol. The van der Waals surface area contributed by atoms with Crippen LogP contribution in [0.5, 0.6) is 0 Å². The van der Waals surface area contributed by atoms with Crippen LogP contribution in [0.25, 0.3) is 11.4 Å². The summed E-state index contributed by atoms with van der Waals surface area (Å²) in [6.45, 7) is 1.51. The van der Waals surface area contributed by atoms with Crippen LogP contribution in [0.1, 0.15) is 41.7 Å². The van der Waals surface area contributed by atoms with Gasteiger partial charge in [0.15, 0.2) is 0 Å². The predicted octanol–water partition coefficient (Wildman–Crippen LogP) is 5.44. The van der Waals surface area contributed by atoms with Gasteiger partial charge in [0.2, 0.25) is 5.91 Å². The number of nitrogens with one attached hydrogen (secondary N) is 1. The molecule has 0 radical (unpaired) electrons. The maximum Gasteiger partial charge on any atom is 0.254 e. The second-order valence-corrected chi connectivity index (χ2v) is 9.44. The van der Waals surface area contributed by atoms with Crippen molar-refractivity contribution in [3.8, 4) is 11.4 Å². The number of benzene rings is 2. The van der Waals surface area contributed by atoms with E-state index in [0.29, 0.717) is 34.3 Å². The number of fused-ring (bicyclic) bond motifs is 1. The molecule has 1 unspecified atom stereocenters. The van der Waals surface area contributed by atoms with Gasteiger partial charge in [0.05, 0.1) is 0 Å². The van der Waals surface area contributed by atoms with E-state index in [0.717, 1.165) is 30.8 Å². The number of aromatic nitrogens is 2. The third kappa shape index (κ3) is 4.50. The Morgan fingerprint density at radius 2 is 1.73 bits per heavy atom. The molecule has 3 heterocycles. The van der Waals surface area contributed by atoms with Gasteiger partial charge >= 0.3 is 0 Å². The summed E-state index contributed by atoms with van der Waals surface area (Å²) in [7, 11) is 0. The van der Waals surface area contributed by atoms with Gasteiger partial charge in [-0.2, -0.15) is 0 Å². The van der Waals surface area contributed by atoms with Crippen molar-refractivity contribution >= 4 is 40.7 Å². The molecule has 2 aliphatic rings. The normalized spacial score (nSPS) is 17.6. The van der Waals surface area contributed by atoms with E-state index in [4.69, 9.17) is 23.2 Å². The van der Waals surface area contributed by atoms with E-state index < -0.39 is 6.04 Å². The second-order valence-electron chi connectivity index (χ2n) is 8.56. The van der Waals surface area contributed by atoms with Crippen LogP contribution >= 0.6 is 23.2 Å². The standard InChI is InChI=1S/C25H24Cl2N4O2/c26-18-12-17(13-19(27)14-18)25(33)31-11-3-5-22(31)24(32)29-20-8-6-16(7-9-20)23-28-15-21-4-1-2-10-30(21)23/h6-9,12-15,22H,1-5,10-11H2,(H,29,32). The smallest absolute Gasteiger partial charge is 0.254 e. The highest BCUT2D eigenvalue weighted by Crippen LogP contribution is 2.27. The summed E-state index contributed by atoms with van der Waals surface area (Å²) in [6, 6.07) is 11.9. The number of hydrogen-bond acceptors (Lipinski definition) is 3. The van der Waals surface area contributed by atoms with E-state index in [1.807, 2.05) is 30.5 Å². The highest BCUT2D eigenvalue weighted by atomic mass is 35.5. The van der Waals surface area contributed by atoms with Crippen LogP contribution in [0.3, 0.4) is 0 Å². The van der Waals surface area contributed by atoms with Crippen molar-refractivity contribution in [3.05, 3.63) is 70.0 Å². The van der Waals surface area contributed by atoms with Gasteiger partial charge in [0.1, 0.15) is 11.9 Å². The zero-order valence-corrected chi connectivity index (χ0v) is 19.6. The molecule has 0 spiro atoms. The van der Waals surface area contributed by atoms with Crippen molar-refractivity contribution in [1.29, 1.82) is 0 Å². The van der Waals surface area contributed by atoms with E-state index in [9.17, 15) is 9.59 Å². The molecule has 6 nitrogen and oxygen atoms in total. The number of nitrogens with zero attached hydrogens (tertiary/aromatic N) is 3. The van der Waals surface area contributed by atoms with Crippen LogP contribution < -0.4 is 5.32 Å². The molecular formula is C25H24Cl2N4O2. The fourth-order valence-corrected chi connectivity index (χ4v) is 5.25. The summed E-state index contributed by atoms with van der Waals surface area (Å²) in [5.41, 5.74) is 3.39. The molecule has 1 atom stereocenters. The summed E-state index contributed by atoms with van der Waals surface area (Å²) in [4.78, 5) is 32.3. The molecule has 33 heavy (non-hydrogen) atoms. The average molecular weight is 483 g/mol. The zero-order chi connectivity index (χ0) is 22.9. The van der Waals surface area contributed by atoms with Crippen molar-refractivity contribution in [2.75, 3.05) is 11.9 Å². The second kappa shape index (κ2) is 9.20. The summed E-state index contributed by atoms with van der Waals surface area (Å²) in [5, 5.41) is 3.75. The molecule has 0 saturated carbocycles. The van der Waals surface area contributed by atoms with Gasteiger partial charge in [-0.1, -0.05) is 23.2 Å². The number of amides is 2. The number of carbonyl (C=O) groups is 2. The first-order valence-corrected chi connectivity index (χ1v) is 12.0. The van der Waals surface area contributed by atoms with E-state index in [2.05, 4.69) is 14.9 Å². The van der Waals surface area contributed by atoms with Crippen LogP contribution in [0.2, 0.25) is 10.0 Å². The number of halogens is 2. The number of rotatable bonds is 4. The molecule has 1 saturated heterocycles. The van der Waals surface area contributed by atoms with Gasteiger partial charge < -0.3 is 14.8 Å². The first-order valence-electron chi connectivity index (χ1n) is 11.2. The molecule has 2 aliphatic heterocycles. The number of imidazole rings is 1. The summed E-state index contributed by atoms with van der Waals surface area (Å²) >= 11 is 12.1. The Labute approximate surface area is 202 Å². The Morgan fingerprint density at radius 1 is 0.970 bits per heavy atom. The fraction of sp³-hybridized carbons (Fsp3) is 0.320. The lowest BCUT2D eigenvalue weighted by Gasteiger charge is -2.24. The third-order valence-electron chi connectivity index (χ3n) is 6.34. The van der Waals surface area contributed by atoms with E-state index >= 15 is 0 Å². The lowest BCUT2D eigenvalue weighted by atomic mass is 10.1. The van der Waals surface area contributed by atoms with Crippen LogP contribution in [0.4, 0.5) is 5.69 Å². The molecular weight excluding hydrogens is 459 g/mol. The monoisotopic (exact) mass is 482 g/mol. The first-order chi connectivity index (χ1) is 16.0. The number of likely N-dealkylation sites (tertiary alicyclic amines) is 1. The van der Waals surface area contributed by atoms with Gasteiger partial charge in [-0.25, -0.2) is 4.98 Å². The Bertz CT molecular complexity index is 1190. The summed E-state index contributed by atoms with van der Waals surface area (Å²) in [5.74, 6) is 0.534. The Kier molecular flexibility index (Phi) is 6.13. The van der Waals surface area contributed by atoms with Crippen LogP contribution in [0.15, 0.2) is 48.7 Å². The van der Waals surface area contributed by atoms with E-state index in [1.165, 1.54) is 18.5 Å². The molecule has 170 valence electrons. The van der Waals surface area contributed by atoms with Gasteiger partial charge in [-0.3, -0.25) is 9.59 Å². The molecule has 1 fully saturated rings. The molecule has 5 rings (SSSR count). The number of aryl methyl sites for hydroxylation is 1. The Hall–Kier alpha value is -2.83. The van der Waals surface area contributed by atoms with Crippen molar-refractivity contribution in [2.45, 2.75) is 44.7 Å². The highest BCUT2D eigenvalue weighted by Gasteiger charge is 2.34. The van der Waals surface area contributed by atoms with Gasteiger partial charge in [0, 0.05) is 51.8 Å². The molecule has 8 heteroatoms. The molecule has 1 N–H and O–H groups in total. The van der Waals surface area contributed by atoms with Gasteiger partial charge in [0.25, 0.3) is 5.91 Å². The molecule has 2 aromatic carbocycles. The van der Waals surface area contributed by atoms with Gasteiger partial charge in [-0.15, -0.1) is 0 Å². The summed E-state index contributed by atoms with van der Waals surface area (Å²) in [6.07, 6.45) is 6.79. The Morgan fingerprint density at radius 3 is 2.48 bits per heavy atom. The quantitative estimate of drug-likeness (QED) is 0.538. The minimum Gasteiger partial charge on any atom is -0.328 e. The zero-order valence-electron chi connectivity index (χ0n) is 18.1. The van der Waals surface area contributed by atoms with Crippen LogP contribution in [-0.2, 0) is 17.8 Å². The lowest BCUT2D eigenvalue weighted by Crippen LogP contribution is -2.43. The van der Waals surface area contributed by atoms with E-state index in [-0.39, 0.29) is 11.8 Å². The minimum atomic E-state index is -0.533. The topological polar surface area (TPSA) is 67.2 Å². The van der Waals surface area contributed by atoms with Crippen molar-refractivity contribution in [3.63, 3.8) is 0 Å². The molecule has 0 aliphatic carbocycles. The lowest BCUT2D eigenvalue weighted by molar-refractivity contribution is -0.119. The number of anilines is 1. The number of hydrogen-bond donors (Lipinski definition) is 1. The minimum absolute atomic E-state index is 0.195. The Balaban J connectivity index is 1.29. The largest absolute Gasteiger partial charge is 0.328 e. The molecule has 0 bridgehead atoms. The molecule has 2 amide bonds. The van der Waals surface area contributed by atoms with Crippen molar-refractivity contribution in [2.24, 2.45) is 0 Å². The maximum absolute atomic E-state index is 13.0. The first kappa shape index (κ1) is 22.0. The van der Waals surface area contributed by atoms with E-state index in [1.54, 1.807) is 23.1 Å². The van der Waals surface area contributed by atoms with Crippen LogP contribution in [0, 0.1) is 0 Å². The van der Waals surface area contributed by atoms with Crippen molar-refractivity contribution < 1.29 is 9.59 Å². The average Bonchev–Trinajstić information content (AvgIpc) is 3.46. The molecule has 1 aromatic heterocycles. The maximum atomic E-state index is 13.0. The number of carbonyl (C=O) groups excluding carboxylic acids is 2. The van der Waals surface area contributed by atoms with Crippen molar-refractivity contribution in [1.82, 2.24) is 14.5 Å². The van der Waals surface area contributed by atoms with Crippen LogP contribution in [-0.4, -0.2) is 38.9 Å². The third-order valence-corrected chi connectivity index (χ3v) is 6.78. The fourth-order valence-electron chi connectivity index (χ4n) is 4.72. The SMILES string of the molecule is O=C(Nc1ccc(-c2ncc3n2CCCC3)cc1)C1CCCN1C(=O)c1cc(Cl)cc(Cl)c1. The van der Waals surface area contributed by atoms with Gasteiger partial charge in [-0.05, 0) is 74.6 Å². The summed E-state index contributed by atoms with van der Waals surface area (Å²) < 4.78 is 2.28. The highest BCUT2D eigenvalue weighted by molar-refractivity contribution is 6.35.